The SMILES string of the molecule is CN(Cc1nc(-c2ccccc2)cs1)C(=O)CN1C(=O)CNC1=O. The third kappa shape index (κ3) is 3.43. The second-order valence-corrected chi connectivity index (χ2v) is 6.32. The van der Waals surface area contributed by atoms with Gasteiger partial charge in [0.1, 0.15) is 11.6 Å². The lowest BCUT2D eigenvalue weighted by Gasteiger charge is -2.19. The first kappa shape index (κ1) is 16.1. The number of nitrogens with one attached hydrogen (secondary N) is 1. The lowest BCUT2D eigenvalue weighted by molar-refractivity contribution is -0.135. The number of likely N-dealkylation sites (N-methyl/N-ethyl adjacent to an activating group) is 1. The van der Waals surface area contributed by atoms with Crippen LogP contribution in [0.5, 0.6) is 0 Å². The van der Waals surface area contributed by atoms with E-state index in [0.717, 1.165) is 21.2 Å². The molecule has 2 heterocycles. The van der Waals surface area contributed by atoms with E-state index in [1.54, 1.807) is 7.05 Å². The predicted octanol–water partition coefficient (Wildman–Crippen LogP) is 1.32. The molecule has 0 saturated carbocycles. The summed E-state index contributed by atoms with van der Waals surface area (Å²) in [7, 11) is 1.63. The van der Waals surface area contributed by atoms with E-state index in [9.17, 15) is 14.4 Å². The minimum atomic E-state index is -0.526. The first-order valence-electron chi connectivity index (χ1n) is 7.36. The Bertz CT molecular complexity index is 759. The molecule has 0 spiro atoms. The maximum atomic E-state index is 12.2. The van der Waals surface area contributed by atoms with Crippen LogP contribution in [-0.2, 0) is 16.1 Å². The summed E-state index contributed by atoms with van der Waals surface area (Å²) in [4.78, 5) is 42.1. The maximum absolute atomic E-state index is 12.2. The summed E-state index contributed by atoms with van der Waals surface area (Å²) in [5.41, 5.74) is 1.89. The van der Waals surface area contributed by atoms with Crippen LogP contribution in [0.4, 0.5) is 4.79 Å². The van der Waals surface area contributed by atoms with Crippen molar-refractivity contribution in [2.24, 2.45) is 0 Å². The Morgan fingerprint density at radius 2 is 2.08 bits per heavy atom. The van der Waals surface area contributed by atoms with Gasteiger partial charge in [0.15, 0.2) is 0 Å². The minimum absolute atomic E-state index is 0.0528. The molecule has 4 amide bonds. The van der Waals surface area contributed by atoms with Crippen molar-refractivity contribution in [3.63, 3.8) is 0 Å². The molecule has 0 radical (unpaired) electrons. The van der Waals surface area contributed by atoms with Crippen molar-refractivity contribution in [3.8, 4) is 11.3 Å². The average Bonchev–Trinajstić information content (AvgIpc) is 3.17. The van der Waals surface area contributed by atoms with Gasteiger partial charge in [0, 0.05) is 18.0 Å². The van der Waals surface area contributed by atoms with Crippen molar-refractivity contribution in [3.05, 3.63) is 40.7 Å². The smallest absolute Gasteiger partial charge is 0.325 e. The molecule has 1 saturated heterocycles. The van der Waals surface area contributed by atoms with E-state index in [4.69, 9.17) is 0 Å². The zero-order valence-corrected chi connectivity index (χ0v) is 13.9. The van der Waals surface area contributed by atoms with Crippen LogP contribution < -0.4 is 5.32 Å². The number of carbonyl (C=O) groups excluding carboxylic acids is 3. The zero-order chi connectivity index (χ0) is 17.1. The normalized spacial score (nSPS) is 14.0. The summed E-state index contributed by atoms with van der Waals surface area (Å²) in [6.07, 6.45) is 0. The predicted molar refractivity (Wildman–Crippen MR) is 89.1 cm³/mol. The number of rotatable bonds is 5. The molecular weight excluding hydrogens is 328 g/mol. The average molecular weight is 344 g/mol. The number of aromatic nitrogens is 1. The minimum Gasteiger partial charge on any atom is -0.337 e. The number of urea groups is 1. The first-order chi connectivity index (χ1) is 11.5. The van der Waals surface area contributed by atoms with Gasteiger partial charge in [-0.1, -0.05) is 30.3 Å². The second kappa shape index (κ2) is 6.79. The van der Waals surface area contributed by atoms with Gasteiger partial charge < -0.3 is 10.2 Å². The standard InChI is InChI=1S/C16H16N4O3S/c1-19(15(22)9-20-14(21)7-17-16(20)23)8-13-18-12(10-24-13)11-5-3-2-4-6-11/h2-6,10H,7-9H2,1H3,(H,17,23). The fourth-order valence-electron chi connectivity index (χ4n) is 2.29. The van der Waals surface area contributed by atoms with Crippen molar-refractivity contribution in [1.29, 1.82) is 0 Å². The van der Waals surface area contributed by atoms with Crippen LogP contribution in [0.3, 0.4) is 0 Å². The number of nitrogens with zero attached hydrogens (tertiary/aromatic N) is 3. The van der Waals surface area contributed by atoms with Gasteiger partial charge in [0.25, 0.3) is 5.91 Å². The molecule has 1 N–H and O–H groups in total. The van der Waals surface area contributed by atoms with Crippen LogP contribution in [0.15, 0.2) is 35.7 Å². The van der Waals surface area contributed by atoms with Crippen LogP contribution >= 0.6 is 11.3 Å². The van der Waals surface area contributed by atoms with Crippen molar-refractivity contribution in [2.45, 2.75) is 6.54 Å². The Hall–Kier alpha value is -2.74. The van der Waals surface area contributed by atoms with Gasteiger partial charge in [-0.2, -0.15) is 0 Å². The van der Waals surface area contributed by atoms with E-state index in [1.165, 1.54) is 16.2 Å². The molecule has 8 heteroatoms. The highest BCUT2D eigenvalue weighted by molar-refractivity contribution is 7.09. The maximum Gasteiger partial charge on any atom is 0.325 e. The number of thiazole rings is 1. The van der Waals surface area contributed by atoms with Crippen LogP contribution in [0.25, 0.3) is 11.3 Å². The monoisotopic (exact) mass is 344 g/mol. The number of hydrogen-bond donors (Lipinski definition) is 1. The van der Waals surface area contributed by atoms with E-state index in [0.29, 0.717) is 6.54 Å². The van der Waals surface area contributed by atoms with Crippen molar-refractivity contribution < 1.29 is 14.4 Å². The molecule has 3 rings (SSSR count). The quantitative estimate of drug-likeness (QED) is 0.830. The highest BCUT2D eigenvalue weighted by Crippen LogP contribution is 2.22. The Morgan fingerprint density at radius 1 is 1.33 bits per heavy atom. The van der Waals surface area contributed by atoms with E-state index in [2.05, 4.69) is 10.3 Å². The summed E-state index contributed by atoms with van der Waals surface area (Å²) >= 11 is 1.47. The summed E-state index contributed by atoms with van der Waals surface area (Å²) in [6, 6.07) is 9.27. The molecule has 0 atom stereocenters. The molecule has 2 aromatic rings. The Balaban J connectivity index is 1.61. The van der Waals surface area contributed by atoms with Gasteiger partial charge in [0.2, 0.25) is 5.91 Å². The van der Waals surface area contributed by atoms with E-state index in [-0.39, 0.29) is 24.9 Å². The fourth-order valence-corrected chi connectivity index (χ4v) is 3.14. The molecule has 1 fully saturated rings. The van der Waals surface area contributed by atoms with Gasteiger partial charge in [-0.05, 0) is 0 Å². The molecule has 1 aliphatic heterocycles. The molecular formula is C16H16N4O3S. The molecule has 1 aromatic heterocycles. The van der Waals surface area contributed by atoms with Crippen LogP contribution in [-0.4, -0.2) is 52.8 Å². The van der Waals surface area contributed by atoms with Gasteiger partial charge in [-0.25, -0.2) is 9.78 Å². The number of hydrogen-bond acceptors (Lipinski definition) is 5. The summed E-state index contributed by atoms with van der Waals surface area (Å²) < 4.78 is 0. The lowest BCUT2D eigenvalue weighted by atomic mass is 10.2. The summed E-state index contributed by atoms with van der Waals surface area (Å²) in [5, 5.41) is 5.13. The molecule has 1 aliphatic rings. The van der Waals surface area contributed by atoms with E-state index in [1.807, 2.05) is 35.7 Å². The fraction of sp³-hybridized carbons (Fsp3) is 0.250. The molecule has 0 unspecified atom stereocenters. The van der Waals surface area contributed by atoms with Crippen LogP contribution in [0, 0.1) is 0 Å². The molecule has 24 heavy (non-hydrogen) atoms. The zero-order valence-electron chi connectivity index (χ0n) is 13.1. The Labute approximate surface area is 142 Å². The third-order valence-corrected chi connectivity index (χ3v) is 4.48. The van der Waals surface area contributed by atoms with Crippen molar-refractivity contribution >= 4 is 29.2 Å². The largest absolute Gasteiger partial charge is 0.337 e. The van der Waals surface area contributed by atoms with Crippen LogP contribution in [0.2, 0.25) is 0 Å². The number of amides is 4. The molecule has 0 aliphatic carbocycles. The molecule has 124 valence electrons. The van der Waals surface area contributed by atoms with Crippen molar-refractivity contribution in [1.82, 2.24) is 20.1 Å². The highest BCUT2D eigenvalue weighted by Gasteiger charge is 2.31. The summed E-state index contributed by atoms with van der Waals surface area (Å²) in [5.74, 6) is -0.695. The number of imide groups is 1. The van der Waals surface area contributed by atoms with Crippen molar-refractivity contribution in [2.75, 3.05) is 20.1 Å². The number of carbonyl (C=O) groups is 3. The Morgan fingerprint density at radius 3 is 2.75 bits per heavy atom. The molecule has 0 bridgehead atoms. The summed E-state index contributed by atoms with van der Waals surface area (Å²) in [6.45, 7) is 0.0286. The molecule has 1 aromatic carbocycles. The van der Waals surface area contributed by atoms with Gasteiger partial charge in [0.05, 0.1) is 18.8 Å². The third-order valence-electron chi connectivity index (χ3n) is 3.65. The lowest BCUT2D eigenvalue weighted by Crippen LogP contribution is -2.41. The van der Waals surface area contributed by atoms with Gasteiger partial charge >= 0.3 is 6.03 Å². The number of benzene rings is 1. The molecule has 7 nitrogen and oxygen atoms in total. The van der Waals surface area contributed by atoms with E-state index < -0.39 is 6.03 Å². The topological polar surface area (TPSA) is 82.6 Å². The second-order valence-electron chi connectivity index (χ2n) is 5.38. The van der Waals surface area contributed by atoms with E-state index >= 15 is 0 Å². The highest BCUT2D eigenvalue weighted by atomic mass is 32.1. The van der Waals surface area contributed by atoms with Crippen LogP contribution in [0.1, 0.15) is 5.01 Å². The first-order valence-corrected chi connectivity index (χ1v) is 8.24. The van der Waals surface area contributed by atoms with Gasteiger partial charge in [-0.15, -0.1) is 11.3 Å². The van der Waals surface area contributed by atoms with Gasteiger partial charge in [-0.3, -0.25) is 14.5 Å². The Kier molecular flexibility index (Phi) is 4.57.